The standard InChI is InChI=1S/C24H19N3O3/c28-19-11-5-16(6-12-19)15-25-22-13-14-23(21-4-2-1-3-20(21)22)27-26-18-9-7-17(8-10-18)24(29)30/h1-14,25,28H,15H2,(H,29,30). The first-order valence-electron chi connectivity index (χ1n) is 9.39. The van der Waals surface area contributed by atoms with E-state index in [0.29, 0.717) is 12.2 Å². The van der Waals surface area contributed by atoms with Gasteiger partial charge in [0.25, 0.3) is 0 Å². The molecule has 0 fully saturated rings. The summed E-state index contributed by atoms with van der Waals surface area (Å²) in [6.07, 6.45) is 0. The topological polar surface area (TPSA) is 94.3 Å². The molecule has 30 heavy (non-hydrogen) atoms. The van der Waals surface area contributed by atoms with Gasteiger partial charge in [-0.05, 0) is 54.1 Å². The Hall–Kier alpha value is -4.19. The first-order valence-corrected chi connectivity index (χ1v) is 9.39. The number of fused-ring (bicyclic) bond motifs is 1. The number of nitrogens with zero attached hydrogens (tertiary/aromatic N) is 2. The minimum absolute atomic E-state index is 0.212. The van der Waals surface area contributed by atoms with Crippen molar-refractivity contribution in [2.24, 2.45) is 10.2 Å². The molecule has 4 rings (SSSR count). The number of anilines is 1. The molecule has 0 bridgehead atoms. The fourth-order valence-corrected chi connectivity index (χ4v) is 3.12. The van der Waals surface area contributed by atoms with Crippen LogP contribution in [0.25, 0.3) is 10.8 Å². The van der Waals surface area contributed by atoms with Gasteiger partial charge in [-0.15, -0.1) is 5.11 Å². The number of rotatable bonds is 6. The van der Waals surface area contributed by atoms with Gasteiger partial charge in [0.15, 0.2) is 0 Å². The Bertz CT molecular complexity index is 1220. The maximum atomic E-state index is 11.0. The monoisotopic (exact) mass is 397 g/mol. The van der Waals surface area contributed by atoms with Gasteiger partial charge in [0.05, 0.1) is 16.9 Å². The van der Waals surface area contributed by atoms with E-state index in [1.165, 1.54) is 12.1 Å². The van der Waals surface area contributed by atoms with E-state index in [9.17, 15) is 9.90 Å². The number of carboxylic acids is 1. The minimum atomic E-state index is -0.972. The highest BCUT2D eigenvalue weighted by molar-refractivity contribution is 6.00. The Morgan fingerprint density at radius 3 is 2.20 bits per heavy atom. The summed E-state index contributed by atoms with van der Waals surface area (Å²) in [6.45, 7) is 0.626. The van der Waals surface area contributed by atoms with Gasteiger partial charge in [-0.2, -0.15) is 5.11 Å². The Kier molecular flexibility index (Phi) is 5.39. The van der Waals surface area contributed by atoms with Gasteiger partial charge >= 0.3 is 5.97 Å². The van der Waals surface area contributed by atoms with Crippen molar-refractivity contribution in [2.75, 3.05) is 5.32 Å². The van der Waals surface area contributed by atoms with Crippen LogP contribution in [0.2, 0.25) is 0 Å². The van der Waals surface area contributed by atoms with Gasteiger partial charge in [0.1, 0.15) is 5.75 Å². The van der Waals surface area contributed by atoms with Crippen LogP contribution in [-0.2, 0) is 6.54 Å². The Morgan fingerprint density at radius 2 is 1.50 bits per heavy atom. The summed E-state index contributed by atoms with van der Waals surface area (Å²) in [5.41, 5.74) is 3.55. The predicted molar refractivity (Wildman–Crippen MR) is 117 cm³/mol. The third-order valence-electron chi connectivity index (χ3n) is 4.71. The van der Waals surface area contributed by atoms with Crippen LogP contribution in [0.4, 0.5) is 17.1 Å². The highest BCUT2D eigenvalue weighted by atomic mass is 16.4. The molecule has 0 atom stereocenters. The Balaban J connectivity index is 1.58. The number of carbonyl (C=O) groups is 1. The number of phenolic OH excluding ortho intramolecular Hbond substituents is 1. The number of azo groups is 1. The number of aromatic hydroxyl groups is 1. The summed E-state index contributed by atoms with van der Waals surface area (Å²) in [7, 11) is 0. The lowest BCUT2D eigenvalue weighted by atomic mass is 10.1. The van der Waals surface area contributed by atoms with Crippen molar-refractivity contribution in [2.45, 2.75) is 6.54 Å². The fraction of sp³-hybridized carbons (Fsp3) is 0.0417. The number of hydrogen-bond donors (Lipinski definition) is 3. The van der Waals surface area contributed by atoms with E-state index in [4.69, 9.17) is 5.11 Å². The molecule has 0 heterocycles. The molecule has 0 spiro atoms. The number of benzene rings is 4. The van der Waals surface area contributed by atoms with Gasteiger partial charge in [0.2, 0.25) is 0 Å². The first kappa shape index (κ1) is 19.1. The third-order valence-corrected chi connectivity index (χ3v) is 4.71. The smallest absolute Gasteiger partial charge is 0.335 e. The van der Waals surface area contributed by atoms with Crippen molar-refractivity contribution in [3.8, 4) is 5.75 Å². The summed E-state index contributed by atoms with van der Waals surface area (Å²) in [5.74, 6) is -0.726. The summed E-state index contributed by atoms with van der Waals surface area (Å²) in [6, 6.07) is 25.2. The molecule has 0 saturated carbocycles. The van der Waals surface area contributed by atoms with Crippen LogP contribution in [0.1, 0.15) is 15.9 Å². The normalized spacial score (nSPS) is 11.1. The van der Waals surface area contributed by atoms with Crippen LogP contribution in [0.3, 0.4) is 0 Å². The zero-order valence-corrected chi connectivity index (χ0v) is 16.0. The molecule has 0 aromatic heterocycles. The quantitative estimate of drug-likeness (QED) is 0.334. The fourth-order valence-electron chi connectivity index (χ4n) is 3.12. The van der Waals surface area contributed by atoms with Gasteiger partial charge in [-0.3, -0.25) is 0 Å². The summed E-state index contributed by atoms with van der Waals surface area (Å²) >= 11 is 0. The molecule has 0 radical (unpaired) electrons. The molecule has 0 aliphatic rings. The van der Waals surface area contributed by atoms with Crippen molar-refractivity contribution in [1.82, 2.24) is 0 Å². The van der Waals surface area contributed by atoms with Crippen molar-refractivity contribution >= 4 is 33.8 Å². The lowest BCUT2D eigenvalue weighted by Gasteiger charge is -2.11. The van der Waals surface area contributed by atoms with E-state index in [1.54, 1.807) is 24.3 Å². The molecule has 0 unspecified atom stereocenters. The van der Waals surface area contributed by atoms with Crippen molar-refractivity contribution < 1.29 is 15.0 Å². The van der Waals surface area contributed by atoms with Crippen LogP contribution in [-0.4, -0.2) is 16.2 Å². The SMILES string of the molecule is O=C(O)c1ccc(N=Nc2ccc(NCc3ccc(O)cc3)c3ccccc23)cc1. The third kappa shape index (κ3) is 4.28. The van der Waals surface area contributed by atoms with E-state index < -0.39 is 5.97 Å². The molecule has 4 aromatic rings. The van der Waals surface area contributed by atoms with Gasteiger partial charge < -0.3 is 15.5 Å². The van der Waals surface area contributed by atoms with Crippen LogP contribution in [0.5, 0.6) is 5.75 Å². The number of phenols is 1. The van der Waals surface area contributed by atoms with Gasteiger partial charge in [-0.25, -0.2) is 4.79 Å². The number of hydrogen-bond acceptors (Lipinski definition) is 5. The summed E-state index contributed by atoms with van der Waals surface area (Å²) < 4.78 is 0. The molecule has 0 aliphatic heterocycles. The number of carboxylic acid groups (broad SMARTS) is 1. The van der Waals surface area contributed by atoms with Crippen molar-refractivity contribution in [3.05, 3.63) is 96.1 Å². The average molecular weight is 397 g/mol. The largest absolute Gasteiger partial charge is 0.508 e. The molecular weight excluding hydrogens is 378 g/mol. The first-order chi connectivity index (χ1) is 14.6. The lowest BCUT2D eigenvalue weighted by molar-refractivity contribution is 0.0697. The predicted octanol–water partition coefficient (Wildman–Crippen LogP) is 6.27. The molecule has 4 aromatic carbocycles. The molecule has 148 valence electrons. The molecular formula is C24H19N3O3. The summed E-state index contributed by atoms with van der Waals surface area (Å²) in [5, 5.41) is 32.4. The van der Waals surface area contributed by atoms with E-state index in [0.717, 1.165) is 27.7 Å². The lowest BCUT2D eigenvalue weighted by Crippen LogP contribution is -1.99. The van der Waals surface area contributed by atoms with E-state index >= 15 is 0 Å². The molecule has 0 saturated heterocycles. The van der Waals surface area contributed by atoms with Crippen LogP contribution in [0, 0.1) is 0 Å². The van der Waals surface area contributed by atoms with Crippen LogP contribution < -0.4 is 5.32 Å². The molecule has 3 N–H and O–H groups in total. The second-order valence-corrected chi connectivity index (χ2v) is 6.75. The maximum absolute atomic E-state index is 11.0. The molecule has 0 amide bonds. The van der Waals surface area contributed by atoms with Gasteiger partial charge in [-0.1, -0.05) is 36.4 Å². The Morgan fingerprint density at radius 1 is 0.800 bits per heavy atom. The van der Waals surface area contributed by atoms with E-state index in [1.807, 2.05) is 48.5 Å². The van der Waals surface area contributed by atoms with Crippen molar-refractivity contribution in [1.29, 1.82) is 0 Å². The second-order valence-electron chi connectivity index (χ2n) is 6.75. The van der Waals surface area contributed by atoms with E-state index in [-0.39, 0.29) is 11.3 Å². The zero-order chi connectivity index (χ0) is 20.9. The number of nitrogens with one attached hydrogen (secondary N) is 1. The summed E-state index contributed by atoms with van der Waals surface area (Å²) in [4.78, 5) is 11.0. The molecule has 6 nitrogen and oxygen atoms in total. The van der Waals surface area contributed by atoms with Crippen LogP contribution >= 0.6 is 0 Å². The average Bonchev–Trinajstić information content (AvgIpc) is 2.78. The zero-order valence-electron chi connectivity index (χ0n) is 16.0. The molecule has 6 heteroatoms. The highest BCUT2D eigenvalue weighted by Crippen LogP contribution is 2.33. The minimum Gasteiger partial charge on any atom is -0.508 e. The second kappa shape index (κ2) is 8.45. The number of aromatic carboxylic acids is 1. The molecule has 0 aliphatic carbocycles. The Labute approximate surface area is 173 Å². The van der Waals surface area contributed by atoms with Crippen molar-refractivity contribution in [3.63, 3.8) is 0 Å². The van der Waals surface area contributed by atoms with E-state index in [2.05, 4.69) is 15.5 Å². The van der Waals surface area contributed by atoms with Gasteiger partial charge in [0, 0.05) is 23.0 Å². The maximum Gasteiger partial charge on any atom is 0.335 e. The van der Waals surface area contributed by atoms with Crippen LogP contribution in [0.15, 0.2) is 95.2 Å². The highest BCUT2D eigenvalue weighted by Gasteiger charge is 2.06.